The van der Waals surface area contributed by atoms with Gasteiger partial charge in [-0.2, -0.15) is 0 Å². The molecule has 0 rings (SSSR count). The fourth-order valence-electron chi connectivity index (χ4n) is 2.57. The van der Waals surface area contributed by atoms with Crippen LogP contribution in [0.2, 0.25) is 0 Å². The molecule has 0 amide bonds. The smallest absolute Gasteiger partial charge is 0.309 e. The molecule has 0 radical (unpaired) electrons. The van der Waals surface area contributed by atoms with Crippen LogP contribution in [0.4, 0.5) is 0 Å². The van der Waals surface area contributed by atoms with E-state index in [1.807, 2.05) is 0 Å². The summed E-state index contributed by atoms with van der Waals surface area (Å²) in [6, 6.07) is 0. The molecule has 0 saturated carbocycles. The number of rotatable bonds is 14. The van der Waals surface area contributed by atoms with Crippen LogP contribution >= 0.6 is 0 Å². The van der Waals surface area contributed by atoms with E-state index in [1.54, 1.807) is 0 Å². The molecule has 0 aromatic carbocycles. The molecule has 0 atom stereocenters. The summed E-state index contributed by atoms with van der Waals surface area (Å²) in [6.07, 6.45) is 10.3. The van der Waals surface area contributed by atoms with Crippen molar-refractivity contribution in [2.45, 2.75) is 64.7 Å². The lowest BCUT2D eigenvalue weighted by Gasteiger charge is -2.28. The zero-order valence-corrected chi connectivity index (χ0v) is 13.3. The SMILES string of the molecule is CCCCCCCCC(CCN=C=O)(CCN=C=O)C(=O)O. The third kappa shape index (κ3) is 8.50. The second-order valence-electron chi connectivity index (χ2n) is 5.55. The van der Waals surface area contributed by atoms with Crippen molar-refractivity contribution in [3.05, 3.63) is 0 Å². The molecule has 124 valence electrons. The highest BCUT2D eigenvalue weighted by Gasteiger charge is 2.37. The first-order chi connectivity index (χ1) is 10.6. The Bertz CT molecular complexity index is 388. The monoisotopic (exact) mass is 310 g/mol. The largest absolute Gasteiger partial charge is 0.481 e. The molecule has 0 aliphatic rings. The van der Waals surface area contributed by atoms with Crippen molar-refractivity contribution in [2.75, 3.05) is 13.1 Å². The van der Waals surface area contributed by atoms with Gasteiger partial charge in [-0.05, 0) is 19.3 Å². The molecule has 1 N–H and O–H groups in total. The van der Waals surface area contributed by atoms with Gasteiger partial charge in [0.05, 0.1) is 18.5 Å². The van der Waals surface area contributed by atoms with Crippen molar-refractivity contribution in [2.24, 2.45) is 15.4 Å². The molecule has 6 heteroatoms. The van der Waals surface area contributed by atoms with Crippen LogP contribution in [0.5, 0.6) is 0 Å². The average molecular weight is 310 g/mol. The van der Waals surface area contributed by atoms with E-state index < -0.39 is 11.4 Å². The molecular formula is C16H26N2O4. The van der Waals surface area contributed by atoms with Crippen LogP contribution in [-0.4, -0.2) is 36.3 Å². The minimum absolute atomic E-state index is 0.135. The maximum absolute atomic E-state index is 11.7. The van der Waals surface area contributed by atoms with Gasteiger partial charge < -0.3 is 5.11 Å². The predicted molar refractivity (Wildman–Crippen MR) is 83.3 cm³/mol. The Kier molecular flexibility index (Phi) is 11.9. The van der Waals surface area contributed by atoms with Gasteiger partial charge in [-0.3, -0.25) is 4.79 Å². The standard InChI is InChI=1S/C16H26N2O4/c1-2-3-4-5-6-7-8-16(15(21)22,9-11-17-13-19)10-12-18-14-20/h2-12H2,1H3,(H,21,22). The van der Waals surface area contributed by atoms with E-state index in [-0.39, 0.29) is 25.9 Å². The maximum Gasteiger partial charge on any atom is 0.309 e. The fourth-order valence-corrected chi connectivity index (χ4v) is 2.57. The highest BCUT2D eigenvalue weighted by molar-refractivity contribution is 5.74. The summed E-state index contributed by atoms with van der Waals surface area (Å²) in [6.45, 7) is 2.42. The van der Waals surface area contributed by atoms with E-state index in [4.69, 9.17) is 0 Å². The number of carboxylic acids is 1. The van der Waals surface area contributed by atoms with Crippen molar-refractivity contribution < 1.29 is 19.5 Å². The molecule has 0 unspecified atom stereocenters. The highest BCUT2D eigenvalue weighted by Crippen LogP contribution is 2.34. The lowest BCUT2D eigenvalue weighted by atomic mass is 9.76. The molecule has 0 fully saturated rings. The van der Waals surface area contributed by atoms with Crippen LogP contribution in [-0.2, 0) is 14.4 Å². The first-order valence-electron chi connectivity index (χ1n) is 7.93. The Morgan fingerprint density at radius 3 is 1.86 bits per heavy atom. The quantitative estimate of drug-likeness (QED) is 0.302. The number of aliphatic carboxylic acids is 1. The Balaban J connectivity index is 4.59. The van der Waals surface area contributed by atoms with Gasteiger partial charge in [-0.15, -0.1) is 0 Å². The Hall–Kier alpha value is -1.77. The summed E-state index contributed by atoms with van der Waals surface area (Å²) in [5.74, 6) is -0.914. The molecule has 22 heavy (non-hydrogen) atoms. The number of hydrogen-bond donors (Lipinski definition) is 1. The Morgan fingerprint density at radius 1 is 0.909 bits per heavy atom. The van der Waals surface area contributed by atoms with Gasteiger partial charge in [0, 0.05) is 0 Å². The number of hydrogen-bond acceptors (Lipinski definition) is 5. The van der Waals surface area contributed by atoms with Gasteiger partial charge in [0.1, 0.15) is 0 Å². The van der Waals surface area contributed by atoms with Gasteiger partial charge in [0.25, 0.3) is 0 Å². The summed E-state index contributed by atoms with van der Waals surface area (Å²) < 4.78 is 0. The number of carboxylic acid groups (broad SMARTS) is 1. The van der Waals surface area contributed by atoms with Gasteiger partial charge in [-0.1, -0.05) is 45.4 Å². The van der Waals surface area contributed by atoms with Crippen LogP contribution in [0.3, 0.4) is 0 Å². The minimum atomic E-state index is -0.981. The summed E-state index contributed by atoms with van der Waals surface area (Å²) in [4.78, 5) is 39.0. The summed E-state index contributed by atoms with van der Waals surface area (Å²) >= 11 is 0. The first-order valence-corrected chi connectivity index (χ1v) is 7.93. The summed E-state index contributed by atoms with van der Waals surface area (Å²) in [5.41, 5.74) is -0.981. The highest BCUT2D eigenvalue weighted by atomic mass is 16.4. The van der Waals surface area contributed by atoms with E-state index in [9.17, 15) is 19.5 Å². The summed E-state index contributed by atoms with van der Waals surface area (Å²) in [7, 11) is 0. The Morgan fingerprint density at radius 2 is 1.41 bits per heavy atom. The third-order valence-corrected chi connectivity index (χ3v) is 4.00. The van der Waals surface area contributed by atoms with E-state index in [0.717, 1.165) is 19.3 Å². The van der Waals surface area contributed by atoms with Crippen molar-refractivity contribution in [3.63, 3.8) is 0 Å². The molecule has 6 nitrogen and oxygen atoms in total. The topological polar surface area (TPSA) is 96.2 Å². The van der Waals surface area contributed by atoms with Crippen LogP contribution in [0.1, 0.15) is 64.7 Å². The van der Waals surface area contributed by atoms with Crippen LogP contribution in [0.15, 0.2) is 9.98 Å². The van der Waals surface area contributed by atoms with Crippen molar-refractivity contribution in [1.29, 1.82) is 0 Å². The Labute approximate surface area is 131 Å². The molecular weight excluding hydrogens is 284 g/mol. The number of carbonyl (C=O) groups is 1. The number of isocyanates is 2. The second kappa shape index (κ2) is 12.9. The zero-order chi connectivity index (χ0) is 16.7. The molecule has 0 bridgehead atoms. The maximum atomic E-state index is 11.7. The van der Waals surface area contributed by atoms with Crippen molar-refractivity contribution in [3.8, 4) is 0 Å². The van der Waals surface area contributed by atoms with Crippen LogP contribution in [0.25, 0.3) is 0 Å². The average Bonchev–Trinajstić information content (AvgIpc) is 2.50. The lowest BCUT2D eigenvalue weighted by molar-refractivity contribution is -0.150. The van der Waals surface area contributed by atoms with E-state index >= 15 is 0 Å². The number of aliphatic imine (C=N–C) groups is 2. The van der Waals surface area contributed by atoms with E-state index in [0.29, 0.717) is 6.42 Å². The number of nitrogens with zero attached hydrogens (tertiary/aromatic N) is 2. The van der Waals surface area contributed by atoms with Gasteiger partial charge >= 0.3 is 5.97 Å². The first kappa shape index (κ1) is 20.2. The van der Waals surface area contributed by atoms with Crippen LogP contribution < -0.4 is 0 Å². The zero-order valence-electron chi connectivity index (χ0n) is 13.3. The van der Waals surface area contributed by atoms with Crippen LogP contribution in [0, 0.1) is 5.41 Å². The summed E-state index contributed by atoms with van der Waals surface area (Å²) in [5, 5.41) is 9.58. The molecule has 0 heterocycles. The molecule has 0 aromatic rings. The lowest BCUT2D eigenvalue weighted by Crippen LogP contribution is -2.33. The van der Waals surface area contributed by atoms with E-state index in [2.05, 4.69) is 16.9 Å². The fraction of sp³-hybridized carbons (Fsp3) is 0.812. The molecule has 0 spiro atoms. The van der Waals surface area contributed by atoms with Gasteiger partial charge in [0.15, 0.2) is 0 Å². The predicted octanol–water partition coefficient (Wildman–Crippen LogP) is 3.26. The molecule has 0 aromatic heterocycles. The van der Waals surface area contributed by atoms with Crippen molar-refractivity contribution >= 4 is 18.1 Å². The number of carbonyl (C=O) groups excluding carboxylic acids is 2. The molecule has 0 aliphatic carbocycles. The number of unbranched alkanes of at least 4 members (excludes halogenated alkanes) is 5. The normalized spacial score (nSPS) is 12.8. The molecule has 0 saturated heterocycles. The third-order valence-electron chi connectivity index (χ3n) is 4.00. The minimum Gasteiger partial charge on any atom is -0.481 e. The van der Waals surface area contributed by atoms with Gasteiger partial charge in [-0.25, -0.2) is 19.6 Å². The van der Waals surface area contributed by atoms with E-state index in [1.165, 1.54) is 31.4 Å². The second-order valence-corrected chi connectivity index (χ2v) is 5.55. The van der Waals surface area contributed by atoms with Gasteiger partial charge in [0.2, 0.25) is 12.2 Å². The molecule has 0 aliphatic heterocycles. The van der Waals surface area contributed by atoms with Crippen molar-refractivity contribution in [1.82, 2.24) is 0 Å².